The van der Waals surface area contributed by atoms with Crippen LogP contribution in [0.4, 0.5) is 10.3 Å². The molecule has 0 aliphatic rings. The Labute approximate surface area is 101 Å². The smallest absolute Gasteiger partial charge is 0.221 e. The van der Waals surface area contributed by atoms with Crippen molar-refractivity contribution in [1.82, 2.24) is 9.97 Å². The van der Waals surface area contributed by atoms with Gasteiger partial charge in [-0.15, -0.1) is 0 Å². The van der Waals surface area contributed by atoms with Crippen LogP contribution in [-0.4, -0.2) is 9.97 Å². The Kier molecular flexibility index (Phi) is 2.90. The largest absolute Gasteiger partial charge is 0.368 e. The molecular formula is C11H6ClFN4. The van der Waals surface area contributed by atoms with Gasteiger partial charge in [0.05, 0.1) is 11.3 Å². The molecule has 6 heteroatoms. The van der Waals surface area contributed by atoms with Crippen molar-refractivity contribution in [3.05, 3.63) is 40.8 Å². The third-order valence-electron chi connectivity index (χ3n) is 2.11. The Morgan fingerprint density at radius 3 is 2.76 bits per heavy atom. The molecule has 84 valence electrons. The second-order valence-electron chi connectivity index (χ2n) is 3.21. The molecule has 1 heterocycles. The van der Waals surface area contributed by atoms with Crippen molar-refractivity contribution in [2.75, 3.05) is 5.73 Å². The molecule has 0 radical (unpaired) electrons. The normalized spacial score (nSPS) is 9.94. The maximum absolute atomic E-state index is 13.9. The van der Waals surface area contributed by atoms with Crippen LogP contribution in [0.5, 0.6) is 0 Å². The molecule has 1 aromatic carbocycles. The lowest BCUT2D eigenvalue weighted by molar-refractivity contribution is 0.627. The second-order valence-corrected chi connectivity index (χ2v) is 3.60. The summed E-state index contributed by atoms with van der Waals surface area (Å²) < 4.78 is 13.9. The van der Waals surface area contributed by atoms with Crippen LogP contribution in [0.2, 0.25) is 5.15 Å². The number of nitriles is 1. The highest BCUT2D eigenvalue weighted by Gasteiger charge is 2.12. The van der Waals surface area contributed by atoms with Gasteiger partial charge in [0, 0.05) is 11.6 Å². The molecule has 4 nitrogen and oxygen atoms in total. The maximum Gasteiger partial charge on any atom is 0.221 e. The minimum Gasteiger partial charge on any atom is -0.368 e. The number of rotatable bonds is 1. The van der Waals surface area contributed by atoms with Gasteiger partial charge in [0.2, 0.25) is 5.95 Å². The van der Waals surface area contributed by atoms with E-state index in [1.165, 1.54) is 18.2 Å². The lowest BCUT2D eigenvalue weighted by atomic mass is 10.1. The van der Waals surface area contributed by atoms with Gasteiger partial charge in [-0.25, -0.2) is 14.4 Å². The molecule has 17 heavy (non-hydrogen) atoms. The molecule has 0 amide bonds. The van der Waals surface area contributed by atoms with Crippen molar-refractivity contribution in [2.24, 2.45) is 0 Å². The van der Waals surface area contributed by atoms with Gasteiger partial charge in [-0.1, -0.05) is 17.7 Å². The van der Waals surface area contributed by atoms with Gasteiger partial charge in [-0.3, -0.25) is 0 Å². The lowest BCUT2D eigenvalue weighted by Crippen LogP contribution is -1.98. The van der Waals surface area contributed by atoms with E-state index in [0.717, 1.165) is 0 Å². The van der Waals surface area contributed by atoms with E-state index < -0.39 is 5.82 Å². The van der Waals surface area contributed by atoms with Crippen LogP contribution in [-0.2, 0) is 0 Å². The van der Waals surface area contributed by atoms with E-state index in [2.05, 4.69) is 9.97 Å². The number of halogens is 2. The van der Waals surface area contributed by atoms with E-state index in [0.29, 0.717) is 0 Å². The average molecular weight is 249 g/mol. The number of nitrogens with two attached hydrogens (primary N) is 1. The molecule has 0 fully saturated rings. The first kappa shape index (κ1) is 11.3. The first-order chi connectivity index (χ1) is 8.11. The molecule has 1 aromatic heterocycles. The predicted molar refractivity (Wildman–Crippen MR) is 61.6 cm³/mol. The van der Waals surface area contributed by atoms with Crippen molar-refractivity contribution >= 4 is 17.5 Å². The highest BCUT2D eigenvalue weighted by atomic mass is 35.5. The van der Waals surface area contributed by atoms with Gasteiger partial charge in [0.1, 0.15) is 17.0 Å². The summed E-state index contributed by atoms with van der Waals surface area (Å²) in [6.45, 7) is 0. The van der Waals surface area contributed by atoms with Crippen LogP contribution in [0, 0.1) is 17.1 Å². The number of anilines is 1. The molecule has 2 N–H and O–H groups in total. The summed E-state index contributed by atoms with van der Waals surface area (Å²) in [5.41, 5.74) is 5.78. The molecule has 0 spiro atoms. The monoisotopic (exact) mass is 248 g/mol. The number of nitrogen functional groups attached to an aromatic ring is 1. The summed E-state index contributed by atoms with van der Waals surface area (Å²) >= 11 is 5.71. The predicted octanol–water partition coefficient (Wildman–Crippen LogP) is 2.39. The number of hydrogen-bond donors (Lipinski definition) is 1. The zero-order chi connectivity index (χ0) is 12.4. The first-order valence-electron chi connectivity index (χ1n) is 4.61. The van der Waals surface area contributed by atoms with Crippen LogP contribution < -0.4 is 5.73 Å². The van der Waals surface area contributed by atoms with Gasteiger partial charge in [0.15, 0.2) is 0 Å². The fraction of sp³-hybridized carbons (Fsp3) is 0. The number of aromatic nitrogens is 2. The molecule has 0 aliphatic carbocycles. The van der Waals surface area contributed by atoms with Gasteiger partial charge in [0.25, 0.3) is 0 Å². The molecule has 0 aliphatic heterocycles. The molecular weight excluding hydrogens is 243 g/mol. The average Bonchev–Trinajstić information content (AvgIpc) is 2.28. The van der Waals surface area contributed by atoms with Crippen LogP contribution >= 0.6 is 11.6 Å². The Bertz CT molecular complexity index is 601. The molecule has 0 saturated heterocycles. The van der Waals surface area contributed by atoms with Gasteiger partial charge >= 0.3 is 0 Å². The van der Waals surface area contributed by atoms with E-state index in [1.807, 2.05) is 0 Å². The summed E-state index contributed by atoms with van der Waals surface area (Å²) in [5, 5.41) is 8.85. The molecule has 0 saturated carbocycles. The Morgan fingerprint density at radius 1 is 1.35 bits per heavy atom. The van der Waals surface area contributed by atoms with Crippen LogP contribution in [0.3, 0.4) is 0 Å². The minimum atomic E-state index is -0.649. The fourth-order valence-electron chi connectivity index (χ4n) is 1.39. The molecule has 2 rings (SSSR count). The van der Waals surface area contributed by atoms with Crippen molar-refractivity contribution < 1.29 is 4.39 Å². The quantitative estimate of drug-likeness (QED) is 0.786. The lowest BCUT2D eigenvalue weighted by Gasteiger charge is -2.04. The van der Waals surface area contributed by atoms with Crippen LogP contribution in [0.1, 0.15) is 5.56 Å². The van der Waals surface area contributed by atoms with Crippen LogP contribution in [0.15, 0.2) is 24.3 Å². The first-order valence-corrected chi connectivity index (χ1v) is 4.98. The number of benzene rings is 1. The fourth-order valence-corrected chi connectivity index (χ4v) is 1.58. The summed E-state index contributed by atoms with van der Waals surface area (Å²) in [6, 6.07) is 7.57. The Balaban J connectivity index is 2.65. The zero-order valence-electron chi connectivity index (χ0n) is 8.48. The standard InChI is InChI=1S/C11H6ClFN4/c12-9-4-8(16-11(15)17-9)7-3-1-2-6(5-14)10(7)13/h1-4H,(H2,15,16,17). The molecule has 0 bridgehead atoms. The summed E-state index contributed by atoms with van der Waals surface area (Å²) in [5.74, 6) is -0.696. The highest BCUT2D eigenvalue weighted by Crippen LogP contribution is 2.25. The van der Waals surface area contributed by atoms with Gasteiger partial charge in [-0.05, 0) is 12.1 Å². The van der Waals surface area contributed by atoms with Gasteiger partial charge in [-0.2, -0.15) is 5.26 Å². The zero-order valence-corrected chi connectivity index (χ0v) is 9.24. The van der Waals surface area contributed by atoms with E-state index in [9.17, 15) is 4.39 Å². The number of nitrogens with zero attached hydrogens (tertiary/aromatic N) is 3. The van der Waals surface area contributed by atoms with E-state index >= 15 is 0 Å². The molecule has 2 aromatic rings. The van der Waals surface area contributed by atoms with E-state index in [4.69, 9.17) is 22.6 Å². The summed E-state index contributed by atoms with van der Waals surface area (Å²) in [4.78, 5) is 7.55. The SMILES string of the molecule is N#Cc1cccc(-c2cc(Cl)nc(N)n2)c1F. The maximum atomic E-state index is 13.9. The Hall–Kier alpha value is -2.19. The minimum absolute atomic E-state index is 0.0470. The number of hydrogen-bond acceptors (Lipinski definition) is 4. The van der Waals surface area contributed by atoms with Crippen molar-refractivity contribution in [1.29, 1.82) is 5.26 Å². The Morgan fingerprint density at radius 2 is 2.12 bits per heavy atom. The van der Waals surface area contributed by atoms with Crippen molar-refractivity contribution in [3.8, 4) is 17.3 Å². The topological polar surface area (TPSA) is 75.6 Å². The van der Waals surface area contributed by atoms with Crippen molar-refractivity contribution in [2.45, 2.75) is 0 Å². The summed E-state index contributed by atoms with van der Waals surface area (Å²) in [7, 11) is 0. The molecule has 0 atom stereocenters. The van der Waals surface area contributed by atoms with Crippen molar-refractivity contribution in [3.63, 3.8) is 0 Å². The van der Waals surface area contributed by atoms with E-state index in [1.54, 1.807) is 12.1 Å². The third-order valence-corrected chi connectivity index (χ3v) is 2.30. The highest BCUT2D eigenvalue weighted by molar-refractivity contribution is 6.29. The van der Waals surface area contributed by atoms with Gasteiger partial charge < -0.3 is 5.73 Å². The molecule has 0 unspecified atom stereocenters. The summed E-state index contributed by atoms with van der Waals surface area (Å²) in [6.07, 6.45) is 0. The van der Waals surface area contributed by atoms with E-state index in [-0.39, 0.29) is 27.9 Å². The second kappa shape index (κ2) is 4.36. The van der Waals surface area contributed by atoms with Crippen LogP contribution in [0.25, 0.3) is 11.3 Å². The third kappa shape index (κ3) is 2.17.